The van der Waals surface area contributed by atoms with Crippen LogP contribution in [0, 0.1) is 26.7 Å². The predicted octanol–water partition coefficient (Wildman–Crippen LogP) is 13.4. The predicted molar refractivity (Wildman–Crippen MR) is 278 cm³/mol. The van der Waals surface area contributed by atoms with Crippen LogP contribution >= 0.6 is 11.3 Å². The van der Waals surface area contributed by atoms with Crippen LogP contribution in [0.2, 0.25) is 0 Å². The highest BCUT2D eigenvalue weighted by Crippen LogP contribution is 2.44. The summed E-state index contributed by atoms with van der Waals surface area (Å²) in [6.07, 6.45) is 1.05. The van der Waals surface area contributed by atoms with Crippen molar-refractivity contribution in [2.24, 2.45) is 5.92 Å². The molecule has 10 rings (SSSR count). The van der Waals surface area contributed by atoms with Gasteiger partial charge in [0.15, 0.2) is 0 Å². The third kappa shape index (κ3) is 7.09. The average molecular weight is 871 g/mol. The summed E-state index contributed by atoms with van der Waals surface area (Å²) in [4.78, 5) is 5.71. The van der Waals surface area contributed by atoms with Crippen molar-refractivity contribution in [3.63, 3.8) is 0 Å². The summed E-state index contributed by atoms with van der Waals surface area (Å²) >= 11 is 1.83. The molecule has 0 radical (unpaired) electrons. The number of imidazole rings is 1. The molecule has 6 aromatic carbocycles. The van der Waals surface area contributed by atoms with Gasteiger partial charge in [0.25, 0.3) is 0 Å². The number of benzene rings is 6. The van der Waals surface area contributed by atoms with Gasteiger partial charge in [0.1, 0.15) is 17.3 Å². The second-order valence-electron chi connectivity index (χ2n) is 20.7. The Morgan fingerprint density at radius 2 is 1.45 bits per heavy atom. The molecule has 7 heteroatoms. The number of rotatable bonds is 8. The van der Waals surface area contributed by atoms with Gasteiger partial charge in [0.05, 0.1) is 27.0 Å². The molecule has 5 nitrogen and oxygen atoms in total. The first-order chi connectivity index (χ1) is 31.0. The van der Waals surface area contributed by atoms with Gasteiger partial charge in [-0.3, -0.25) is 4.57 Å². The highest BCUT2D eigenvalue weighted by atomic mass is 32.1. The standard InChI is InChI=1S/C58H59BN4OS/c1-31(2)24-37-20-21-44-49(27-37)65-56-50(44)36(9)61-62-52(56)39-28-38(29-40(30-39)58(10,11)12)43-22-23-47-54-53(43)60-57(45-26-34(7)25-35(8)55(45)64)63(54)48-19-14-13-18-46(48)59(47)51-41(32(3)4)16-15-17-42(51)33(5)6/h13-23,25-33,64H,24H2,1-12H3. The Labute approximate surface area is 388 Å². The minimum atomic E-state index is -0.161. The Morgan fingerprint density at radius 3 is 2.15 bits per heavy atom. The molecule has 1 aliphatic rings. The molecule has 65 heavy (non-hydrogen) atoms. The van der Waals surface area contributed by atoms with E-state index in [0.29, 0.717) is 17.8 Å². The largest absolute Gasteiger partial charge is 0.507 e. The monoisotopic (exact) mass is 870 g/mol. The summed E-state index contributed by atoms with van der Waals surface area (Å²) in [5.41, 5.74) is 19.8. The van der Waals surface area contributed by atoms with E-state index in [1.807, 2.05) is 24.3 Å². The lowest BCUT2D eigenvalue weighted by Gasteiger charge is -2.31. The van der Waals surface area contributed by atoms with Crippen molar-refractivity contribution in [3.8, 4) is 45.2 Å². The number of phenolic OH excluding ortho intramolecular Hbond substituents is 1. The molecule has 3 aromatic heterocycles. The molecule has 0 amide bonds. The molecule has 0 saturated carbocycles. The van der Waals surface area contributed by atoms with Crippen LogP contribution in [-0.2, 0) is 11.8 Å². The van der Waals surface area contributed by atoms with Crippen molar-refractivity contribution < 1.29 is 5.11 Å². The Bertz CT molecular complexity index is 3360. The minimum absolute atomic E-state index is 0.0229. The van der Waals surface area contributed by atoms with Gasteiger partial charge in [-0.25, -0.2) is 4.98 Å². The average Bonchev–Trinajstić information content (AvgIpc) is 3.85. The number of hydrogen-bond acceptors (Lipinski definition) is 5. The molecule has 9 aromatic rings. The van der Waals surface area contributed by atoms with Gasteiger partial charge in [-0.1, -0.05) is 141 Å². The van der Waals surface area contributed by atoms with Crippen LogP contribution in [-0.4, -0.2) is 31.6 Å². The molecule has 1 N–H and O–H groups in total. The molecule has 4 heterocycles. The number of hydrogen-bond donors (Lipinski definition) is 1. The number of para-hydroxylation sites is 1. The van der Waals surface area contributed by atoms with Crippen molar-refractivity contribution in [2.75, 3.05) is 0 Å². The van der Waals surface area contributed by atoms with Crippen molar-refractivity contribution in [3.05, 3.63) is 142 Å². The van der Waals surface area contributed by atoms with E-state index in [1.165, 1.54) is 58.8 Å². The van der Waals surface area contributed by atoms with Crippen LogP contribution in [0.4, 0.5) is 0 Å². The van der Waals surface area contributed by atoms with E-state index in [0.717, 1.165) is 73.7 Å². The molecular weight excluding hydrogens is 812 g/mol. The van der Waals surface area contributed by atoms with Crippen LogP contribution in [0.25, 0.3) is 70.7 Å². The topological polar surface area (TPSA) is 63.8 Å². The highest BCUT2D eigenvalue weighted by molar-refractivity contribution is 7.26. The summed E-state index contributed by atoms with van der Waals surface area (Å²) in [7, 11) is 0. The molecule has 0 aliphatic carbocycles. The van der Waals surface area contributed by atoms with E-state index in [4.69, 9.17) is 15.2 Å². The molecule has 0 bridgehead atoms. The second kappa shape index (κ2) is 15.8. The maximum Gasteiger partial charge on any atom is 0.247 e. The van der Waals surface area contributed by atoms with E-state index in [1.54, 1.807) is 0 Å². The number of aromatic hydroxyl groups is 1. The number of aromatic nitrogens is 4. The Hall–Kier alpha value is -6.05. The lowest BCUT2D eigenvalue weighted by molar-refractivity contribution is 0.472. The van der Waals surface area contributed by atoms with Crippen molar-refractivity contribution in [1.82, 2.24) is 19.7 Å². The molecule has 0 spiro atoms. The molecule has 0 unspecified atom stereocenters. The van der Waals surface area contributed by atoms with Gasteiger partial charge in [-0.15, -0.1) is 16.4 Å². The minimum Gasteiger partial charge on any atom is -0.507 e. The molecular formula is C58H59BN4OS. The number of nitrogens with zero attached hydrogens (tertiary/aromatic N) is 4. The van der Waals surface area contributed by atoms with E-state index in [-0.39, 0.29) is 17.9 Å². The van der Waals surface area contributed by atoms with Crippen LogP contribution in [0.3, 0.4) is 0 Å². The van der Waals surface area contributed by atoms with Crippen molar-refractivity contribution in [1.29, 1.82) is 0 Å². The third-order valence-corrected chi connectivity index (χ3v) is 14.8. The normalized spacial score (nSPS) is 12.8. The van der Waals surface area contributed by atoms with Gasteiger partial charge < -0.3 is 5.11 Å². The van der Waals surface area contributed by atoms with Crippen LogP contribution in [0.15, 0.2) is 103 Å². The molecule has 326 valence electrons. The van der Waals surface area contributed by atoms with Gasteiger partial charge >= 0.3 is 0 Å². The van der Waals surface area contributed by atoms with Crippen molar-refractivity contribution >= 4 is 65.6 Å². The number of thiophene rings is 1. The quantitative estimate of drug-likeness (QED) is 0.155. The smallest absolute Gasteiger partial charge is 0.247 e. The molecule has 0 atom stereocenters. The summed E-state index contributed by atoms with van der Waals surface area (Å²) in [5.74, 6) is 2.25. The van der Waals surface area contributed by atoms with E-state index < -0.39 is 0 Å². The van der Waals surface area contributed by atoms with Crippen LogP contribution in [0.1, 0.15) is 113 Å². The summed E-state index contributed by atoms with van der Waals surface area (Å²) in [6.45, 7) is 26.8. The zero-order valence-electron chi connectivity index (χ0n) is 40.0. The number of aryl methyl sites for hydroxylation is 3. The van der Waals surface area contributed by atoms with E-state index >= 15 is 0 Å². The molecule has 0 fully saturated rings. The first-order valence-electron chi connectivity index (χ1n) is 23.4. The van der Waals surface area contributed by atoms with Crippen LogP contribution in [0.5, 0.6) is 5.75 Å². The van der Waals surface area contributed by atoms with Gasteiger partial charge in [-0.05, 0) is 131 Å². The molecule has 0 saturated heterocycles. The summed E-state index contributed by atoms with van der Waals surface area (Å²) in [6, 6.07) is 38.5. The SMILES string of the molecule is Cc1cc(C)c(O)c(-c2nc3c(-c4cc(-c5nnc(C)c6c5sc5cc(CC(C)C)ccc56)cc(C(C)(C)C)c4)ccc4c3n2-c2ccccc2B4c2c(C(C)C)cccc2C(C)C)c1. The lowest BCUT2D eigenvalue weighted by Crippen LogP contribution is -2.58. The van der Waals surface area contributed by atoms with E-state index in [2.05, 4.69) is 178 Å². The Balaban J connectivity index is 1.29. The fourth-order valence-corrected chi connectivity index (χ4v) is 11.9. The fraction of sp³-hybridized carbons (Fsp3) is 0.293. The highest BCUT2D eigenvalue weighted by Gasteiger charge is 2.38. The van der Waals surface area contributed by atoms with Gasteiger partial charge in [0, 0.05) is 32.3 Å². The zero-order valence-corrected chi connectivity index (χ0v) is 40.8. The lowest BCUT2D eigenvalue weighted by atomic mass is 9.33. The second-order valence-corrected chi connectivity index (χ2v) is 21.8. The van der Waals surface area contributed by atoms with Gasteiger partial charge in [-0.2, -0.15) is 5.10 Å². The van der Waals surface area contributed by atoms with E-state index in [9.17, 15) is 5.11 Å². The first-order valence-corrected chi connectivity index (χ1v) is 24.2. The maximum absolute atomic E-state index is 11.9. The van der Waals surface area contributed by atoms with Gasteiger partial charge in [0.2, 0.25) is 6.71 Å². The maximum atomic E-state index is 11.9. The zero-order chi connectivity index (χ0) is 45.8. The number of fused-ring (bicyclic) bond motifs is 5. The third-order valence-electron chi connectivity index (χ3n) is 13.7. The number of phenols is 1. The fourth-order valence-electron chi connectivity index (χ4n) is 10.6. The van der Waals surface area contributed by atoms with Crippen LogP contribution < -0.4 is 16.4 Å². The summed E-state index contributed by atoms with van der Waals surface area (Å²) < 4.78 is 4.79. The van der Waals surface area contributed by atoms with Crippen molar-refractivity contribution in [2.45, 2.75) is 107 Å². The Kier molecular flexibility index (Phi) is 10.4. The summed E-state index contributed by atoms with van der Waals surface area (Å²) in [5, 5.41) is 24.2. The Morgan fingerprint density at radius 1 is 0.723 bits per heavy atom. The first kappa shape index (κ1) is 42.9. The molecule has 1 aliphatic heterocycles.